The van der Waals surface area contributed by atoms with Crippen molar-refractivity contribution in [2.75, 3.05) is 13.2 Å². The first-order valence-corrected chi connectivity index (χ1v) is 9.76. The van der Waals surface area contributed by atoms with Gasteiger partial charge in [-0.15, -0.1) is 0 Å². The molecule has 0 bridgehead atoms. The topological polar surface area (TPSA) is 55.7 Å². The van der Waals surface area contributed by atoms with E-state index in [1.807, 2.05) is 13.0 Å². The van der Waals surface area contributed by atoms with Gasteiger partial charge < -0.3 is 4.74 Å². The monoisotopic (exact) mass is 387 g/mol. The maximum absolute atomic E-state index is 13.2. The zero-order chi connectivity index (χ0) is 19.2. The van der Waals surface area contributed by atoms with E-state index in [-0.39, 0.29) is 24.5 Å². The Kier molecular flexibility index (Phi) is 4.77. The van der Waals surface area contributed by atoms with Crippen molar-refractivity contribution in [3.05, 3.63) is 41.5 Å². The molecule has 2 atom stereocenters. The Morgan fingerprint density at radius 3 is 2.65 bits per heavy atom. The highest BCUT2D eigenvalue weighted by atomic mass is 32.2. The van der Waals surface area contributed by atoms with Gasteiger partial charge in [-0.25, -0.2) is 8.42 Å². The van der Waals surface area contributed by atoms with Gasteiger partial charge in [-0.2, -0.15) is 13.2 Å². The Morgan fingerprint density at radius 2 is 2.04 bits per heavy atom. The zero-order valence-corrected chi connectivity index (χ0v) is 15.3. The van der Waals surface area contributed by atoms with Crippen LogP contribution in [0.1, 0.15) is 25.3 Å². The molecule has 0 aliphatic carbocycles. The van der Waals surface area contributed by atoms with Crippen LogP contribution in [-0.4, -0.2) is 44.3 Å². The van der Waals surface area contributed by atoms with Gasteiger partial charge in [0.25, 0.3) is 0 Å². The standard InChI is InChI=1S/C18H20F3NO3S/c1-12-4-3-5-14(8-12)26(23,24)17(2)6-7-25-15(10-17)13-9-16(22-11-13)18(19,20)21/h3-5,8-9,15H,6-7,10-11H2,1-2H3. The number of rotatable bonds is 3. The molecule has 1 saturated heterocycles. The maximum Gasteiger partial charge on any atom is 0.432 e. The zero-order valence-electron chi connectivity index (χ0n) is 14.5. The highest BCUT2D eigenvalue weighted by Crippen LogP contribution is 2.39. The van der Waals surface area contributed by atoms with Crippen LogP contribution in [0.4, 0.5) is 13.2 Å². The minimum Gasteiger partial charge on any atom is -0.374 e. The molecule has 1 aromatic rings. The Hall–Kier alpha value is -1.67. The minimum atomic E-state index is -4.51. The van der Waals surface area contributed by atoms with Gasteiger partial charge in [0, 0.05) is 6.61 Å². The molecule has 2 heterocycles. The fourth-order valence-electron chi connectivity index (χ4n) is 3.33. The van der Waals surface area contributed by atoms with Crippen molar-refractivity contribution in [2.45, 2.75) is 48.6 Å². The quantitative estimate of drug-likeness (QED) is 0.796. The van der Waals surface area contributed by atoms with E-state index in [1.165, 1.54) is 0 Å². The van der Waals surface area contributed by atoms with Crippen molar-refractivity contribution in [3.8, 4) is 0 Å². The number of alkyl halides is 3. The fourth-order valence-corrected chi connectivity index (χ4v) is 5.22. The maximum atomic E-state index is 13.2. The number of hydrogen-bond donors (Lipinski definition) is 0. The molecule has 2 aliphatic rings. The number of halogens is 3. The van der Waals surface area contributed by atoms with E-state index in [1.54, 1.807) is 25.1 Å². The molecule has 0 aromatic heterocycles. The fraction of sp³-hybridized carbons (Fsp3) is 0.500. The van der Waals surface area contributed by atoms with Crippen molar-refractivity contribution in [1.82, 2.24) is 0 Å². The largest absolute Gasteiger partial charge is 0.432 e. The first kappa shape index (κ1) is 19.1. The summed E-state index contributed by atoms with van der Waals surface area (Å²) in [4.78, 5) is 3.74. The van der Waals surface area contributed by atoms with E-state index >= 15 is 0 Å². The molecular formula is C18H20F3NO3S. The smallest absolute Gasteiger partial charge is 0.374 e. The molecular weight excluding hydrogens is 367 g/mol. The van der Waals surface area contributed by atoms with Crippen LogP contribution in [0.2, 0.25) is 0 Å². The minimum absolute atomic E-state index is 0.107. The third kappa shape index (κ3) is 3.44. The number of aryl methyl sites for hydroxylation is 1. The SMILES string of the molecule is Cc1cccc(S(=O)(=O)C2(C)CCOC(C3=CC(C(F)(F)F)=NC3)C2)c1. The van der Waals surface area contributed by atoms with Crippen LogP contribution in [0.25, 0.3) is 0 Å². The van der Waals surface area contributed by atoms with Crippen molar-refractivity contribution in [3.63, 3.8) is 0 Å². The summed E-state index contributed by atoms with van der Waals surface area (Å²) in [5.41, 5.74) is 0.271. The molecule has 4 nitrogen and oxygen atoms in total. The van der Waals surface area contributed by atoms with Crippen LogP contribution in [0.5, 0.6) is 0 Å². The highest BCUT2D eigenvalue weighted by Gasteiger charge is 2.46. The van der Waals surface area contributed by atoms with Gasteiger partial charge in [0.15, 0.2) is 9.84 Å². The number of benzene rings is 1. The third-order valence-electron chi connectivity index (χ3n) is 4.97. The van der Waals surface area contributed by atoms with E-state index in [9.17, 15) is 21.6 Å². The van der Waals surface area contributed by atoms with Gasteiger partial charge in [-0.3, -0.25) is 4.99 Å². The molecule has 1 aromatic carbocycles. The van der Waals surface area contributed by atoms with Crippen LogP contribution in [0, 0.1) is 6.92 Å². The summed E-state index contributed by atoms with van der Waals surface area (Å²) in [5.74, 6) is 0. The van der Waals surface area contributed by atoms with E-state index in [0.29, 0.717) is 12.0 Å². The number of aliphatic imine (C=N–C) groups is 1. The van der Waals surface area contributed by atoms with Gasteiger partial charge in [-0.05, 0) is 56.0 Å². The lowest BCUT2D eigenvalue weighted by atomic mass is 9.92. The Balaban J connectivity index is 1.86. The van der Waals surface area contributed by atoms with Gasteiger partial charge in [0.05, 0.1) is 22.3 Å². The molecule has 0 saturated carbocycles. The lowest BCUT2D eigenvalue weighted by Gasteiger charge is -2.38. The molecule has 2 aliphatic heterocycles. The predicted molar refractivity (Wildman–Crippen MR) is 92.2 cm³/mol. The summed E-state index contributed by atoms with van der Waals surface area (Å²) in [6, 6.07) is 6.67. The van der Waals surface area contributed by atoms with Crippen LogP contribution in [0.3, 0.4) is 0 Å². The molecule has 0 amide bonds. The van der Waals surface area contributed by atoms with Crippen LogP contribution >= 0.6 is 0 Å². The first-order chi connectivity index (χ1) is 12.0. The number of nitrogens with zero attached hydrogens (tertiary/aromatic N) is 1. The number of hydrogen-bond acceptors (Lipinski definition) is 4. The highest BCUT2D eigenvalue weighted by molar-refractivity contribution is 7.92. The Morgan fingerprint density at radius 1 is 1.31 bits per heavy atom. The number of ether oxygens (including phenoxy) is 1. The Labute approximate surface area is 150 Å². The summed E-state index contributed by atoms with van der Waals surface area (Å²) >= 11 is 0. The van der Waals surface area contributed by atoms with E-state index in [4.69, 9.17) is 4.74 Å². The van der Waals surface area contributed by atoms with Crippen molar-refractivity contribution in [1.29, 1.82) is 0 Å². The normalized spacial score (nSPS) is 27.2. The summed E-state index contributed by atoms with van der Waals surface area (Å²) in [6.45, 7) is 3.51. The van der Waals surface area contributed by atoms with Crippen molar-refractivity contribution >= 4 is 15.5 Å². The van der Waals surface area contributed by atoms with Crippen molar-refractivity contribution in [2.24, 2.45) is 4.99 Å². The van der Waals surface area contributed by atoms with Gasteiger partial charge in [0.1, 0.15) is 5.71 Å². The first-order valence-electron chi connectivity index (χ1n) is 8.28. The van der Waals surface area contributed by atoms with Gasteiger partial charge in [0.2, 0.25) is 0 Å². The summed E-state index contributed by atoms with van der Waals surface area (Å²) in [6.07, 6.45) is -3.81. The summed E-state index contributed by atoms with van der Waals surface area (Å²) in [7, 11) is -3.66. The van der Waals surface area contributed by atoms with E-state index < -0.39 is 32.6 Å². The molecule has 0 radical (unpaired) electrons. The lowest BCUT2D eigenvalue weighted by Crippen LogP contribution is -2.45. The number of sulfone groups is 1. The third-order valence-corrected chi connectivity index (χ3v) is 7.52. The molecule has 0 N–H and O–H groups in total. The van der Waals surface area contributed by atoms with Gasteiger partial charge >= 0.3 is 6.18 Å². The van der Waals surface area contributed by atoms with Gasteiger partial charge in [-0.1, -0.05) is 12.1 Å². The Bertz CT molecular complexity index is 874. The summed E-state index contributed by atoms with van der Waals surface area (Å²) in [5, 5.41) is 0. The second-order valence-corrected chi connectivity index (χ2v) is 9.47. The second-order valence-electron chi connectivity index (χ2n) is 7.00. The predicted octanol–water partition coefficient (Wildman–Crippen LogP) is 3.65. The lowest BCUT2D eigenvalue weighted by molar-refractivity contribution is -0.0576. The summed E-state index contributed by atoms with van der Waals surface area (Å²) < 4.78 is 69.2. The van der Waals surface area contributed by atoms with Crippen LogP contribution < -0.4 is 0 Å². The van der Waals surface area contributed by atoms with Crippen LogP contribution in [-0.2, 0) is 14.6 Å². The molecule has 142 valence electrons. The molecule has 26 heavy (non-hydrogen) atoms. The van der Waals surface area contributed by atoms with E-state index in [2.05, 4.69) is 4.99 Å². The number of allylic oxidation sites excluding steroid dienone is 1. The molecule has 0 spiro atoms. The molecule has 1 fully saturated rings. The molecule has 8 heteroatoms. The van der Waals surface area contributed by atoms with E-state index in [0.717, 1.165) is 11.6 Å². The van der Waals surface area contributed by atoms with Crippen molar-refractivity contribution < 1.29 is 26.3 Å². The average molecular weight is 387 g/mol. The molecule has 3 rings (SSSR count). The molecule has 2 unspecified atom stereocenters. The average Bonchev–Trinajstić information content (AvgIpc) is 3.05. The second kappa shape index (κ2) is 6.49. The van der Waals surface area contributed by atoms with Crippen LogP contribution in [0.15, 0.2) is 45.8 Å².